The van der Waals surface area contributed by atoms with Gasteiger partial charge in [-0.1, -0.05) is 18.2 Å². The number of pyridine rings is 1. The Hall–Kier alpha value is -3.21. The molecule has 1 aromatic heterocycles. The van der Waals surface area contributed by atoms with Crippen molar-refractivity contribution in [3.63, 3.8) is 0 Å². The lowest BCUT2D eigenvalue weighted by Gasteiger charge is -2.10. The van der Waals surface area contributed by atoms with Crippen LogP contribution in [-0.4, -0.2) is 16.4 Å². The SMILES string of the molecule is N#CC(=N)C(=N)c1cccc(COc2cc(C(F)(F)F)ccn2)c1. The molecule has 0 unspecified atom stereocenters. The van der Waals surface area contributed by atoms with Gasteiger partial charge in [-0.3, -0.25) is 10.8 Å². The van der Waals surface area contributed by atoms with Gasteiger partial charge in [0.1, 0.15) is 12.7 Å². The second-order valence-corrected chi connectivity index (χ2v) is 4.73. The molecule has 2 N–H and O–H groups in total. The first-order valence-electron chi connectivity index (χ1n) is 6.64. The number of rotatable bonds is 5. The van der Waals surface area contributed by atoms with Crippen LogP contribution in [0.2, 0.25) is 0 Å². The van der Waals surface area contributed by atoms with Crippen molar-refractivity contribution in [2.45, 2.75) is 12.8 Å². The maximum absolute atomic E-state index is 12.6. The van der Waals surface area contributed by atoms with Crippen molar-refractivity contribution in [3.8, 4) is 11.9 Å². The molecule has 24 heavy (non-hydrogen) atoms. The Kier molecular flexibility index (Phi) is 4.94. The van der Waals surface area contributed by atoms with Crippen LogP contribution in [0.25, 0.3) is 0 Å². The number of hydrogen-bond donors (Lipinski definition) is 2. The van der Waals surface area contributed by atoms with Gasteiger partial charge >= 0.3 is 6.18 Å². The minimum Gasteiger partial charge on any atom is -0.473 e. The first-order chi connectivity index (χ1) is 11.3. The number of nitrogens with zero attached hydrogens (tertiary/aromatic N) is 2. The minimum atomic E-state index is -4.48. The molecule has 0 aliphatic heterocycles. The van der Waals surface area contributed by atoms with E-state index in [1.165, 1.54) is 6.07 Å². The molecule has 0 radical (unpaired) electrons. The number of benzene rings is 1. The Morgan fingerprint density at radius 1 is 1.21 bits per heavy atom. The van der Waals surface area contributed by atoms with Crippen molar-refractivity contribution in [1.82, 2.24) is 4.98 Å². The highest BCUT2D eigenvalue weighted by Gasteiger charge is 2.30. The van der Waals surface area contributed by atoms with E-state index in [2.05, 4.69) is 4.98 Å². The fourth-order valence-corrected chi connectivity index (χ4v) is 1.84. The Morgan fingerprint density at radius 3 is 2.62 bits per heavy atom. The highest BCUT2D eigenvalue weighted by molar-refractivity contribution is 6.51. The molecule has 1 heterocycles. The molecule has 1 aromatic carbocycles. The van der Waals surface area contributed by atoms with Gasteiger partial charge < -0.3 is 4.74 Å². The van der Waals surface area contributed by atoms with E-state index >= 15 is 0 Å². The molecule has 0 atom stereocenters. The fraction of sp³-hybridized carbons (Fsp3) is 0.125. The standard InChI is InChI=1S/C16H11F3N4O/c17-16(18,19)12-4-5-23-14(7-12)24-9-10-2-1-3-11(6-10)15(22)13(21)8-20/h1-7,21-22H,9H2. The molecular formula is C16H11F3N4O. The molecule has 0 aliphatic rings. The molecule has 5 nitrogen and oxygen atoms in total. The van der Waals surface area contributed by atoms with E-state index in [9.17, 15) is 13.2 Å². The number of halogens is 3. The van der Waals surface area contributed by atoms with Gasteiger partial charge in [0.05, 0.1) is 11.3 Å². The van der Waals surface area contributed by atoms with Crippen LogP contribution in [0.5, 0.6) is 5.88 Å². The lowest BCUT2D eigenvalue weighted by atomic mass is 10.0. The van der Waals surface area contributed by atoms with E-state index < -0.39 is 17.5 Å². The molecule has 0 spiro atoms. The molecule has 2 rings (SSSR count). The van der Waals surface area contributed by atoms with Gasteiger partial charge in [-0.25, -0.2) is 4.98 Å². The third kappa shape index (κ3) is 4.16. The zero-order valence-corrected chi connectivity index (χ0v) is 12.2. The minimum absolute atomic E-state index is 0.0602. The molecule has 0 fully saturated rings. The fourth-order valence-electron chi connectivity index (χ4n) is 1.84. The van der Waals surface area contributed by atoms with Crippen LogP contribution in [0.4, 0.5) is 13.2 Å². The zero-order valence-electron chi connectivity index (χ0n) is 12.2. The summed E-state index contributed by atoms with van der Waals surface area (Å²) in [5.74, 6) is -0.171. The van der Waals surface area contributed by atoms with Crippen LogP contribution < -0.4 is 4.74 Å². The second kappa shape index (κ2) is 6.91. The summed E-state index contributed by atoms with van der Waals surface area (Å²) in [6.45, 7) is -0.0602. The average Bonchev–Trinajstić information content (AvgIpc) is 2.58. The highest BCUT2D eigenvalue weighted by Crippen LogP contribution is 2.30. The second-order valence-electron chi connectivity index (χ2n) is 4.73. The number of alkyl halides is 3. The van der Waals surface area contributed by atoms with E-state index in [4.69, 9.17) is 20.8 Å². The predicted octanol–water partition coefficient (Wildman–Crippen LogP) is 3.59. The third-order valence-electron chi connectivity index (χ3n) is 3.03. The van der Waals surface area contributed by atoms with Gasteiger partial charge in [0.25, 0.3) is 0 Å². The first kappa shape index (κ1) is 17.1. The Bertz CT molecular complexity index is 825. The van der Waals surface area contributed by atoms with E-state index in [1.807, 2.05) is 0 Å². The van der Waals surface area contributed by atoms with Crippen molar-refractivity contribution in [2.24, 2.45) is 0 Å². The Morgan fingerprint density at radius 2 is 1.96 bits per heavy atom. The molecule has 0 bridgehead atoms. The van der Waals surface area contributed by atoms with Crippen LogP contribution in [0.1, 0.15) is 16.7 Å². The monoisotopic (exact) mass is 332 g/mol. The smallest absolute Gasteiger partial charge is 0.416 e. The topological polar surface area (TPSA) is 93.6 Å². The Balaban J connectivity index is 2.12. The van der Waals surface area contributed by atoms with Crippen LogP contribution in [0.15, 0.2) is 42.6 Å². The summed E-state index contributed by atoms with van der Waals surface area (Å²) in [4.78, 5) is 3.73. The summed E-state index contributed by atoms with van der Waals surface area (Å²) in [7, 11) is 0. The van der Waals surface area contributed by atoms with Crippen molar-refractivity contribution < 1.29 is 17.9 Å². The summed E-state index contributed by atoms with van der Waals surface area (Å²) in [6, 6.07) is 9.57. The summed E-state index contributed by atoms with van der Waals surface area (Å²) >= 11 is 0. The third-order valence-corrected chi connectivity index (χ3v) is 3.03. The number of hydrogen-bond acceptors (Lipinski definition) is 5. The lowest BCUT2D eigenvalue weighted by molar-refractivity contribution is -0.137. The average molecular weight is 332 g/mol. The number of aromatic nitrogens is 1. The van der Waals surface area contributed by atoms with Gasteiger partial charge in [0.15, 0.2) is 5.71 Å². The summed E-state index contributed by atoms with van der Waals surface area (Å²) < 4.78 is 43.1. The van der Waals surface area contributed by atoms with Crippen LogP contribution in [0, 0.1) is 22.1 Å². The normalized spacial score (nSPS) is 10.8. The van der Waals surface area contributed by atoms with Crippen LogP contribution in [-0.2, 0) is 12.8 Å². The quantitative estimate of drug-likeness (QED) is 0.819. The van der Waals surface area contributed by atoms with Gasteiger partial charge in [-0.05, 0) is 17.7 Å². The number of nitrogens with one attached hydrogen (secondary N) is 2. The molecular weight excluding hydrogens is 321 g/mol. The van der Waals surface area contributed by atoms with E-state index in [0.717, 1.165) is 18.3 Å². The molecule has 0 saturated carbocycles. The van der Waals surface area contributed by atoms with Crippen molar-refractivity contribution >= 4 is 11.4 Å². The number of nitriles is 1. The highest BCUT2D eigenvalue weighted by atomic mass is 19.4. The van der Waals surface area contributed by atoms with E-state index in [0.29, 0.717) is 11.1 Å². The molecule has 0 amide bonds. The number of ether oxygens (including phenoxy) is 1. The predicted molar refractivity (Wildman–Crippen MR) is 80.2 cm³/mol. The van der Waals surface area contributed by atoms with E-state index in [-0.39, 0.29) is 18.2 Å². The zero-order chi connectivity index (χ0) is 17.7. The van der Waals surface area contributed by atoms with Gasteiger partial charge in [0, 0.05) is 17.8 Å². The first-order valence-corrected chi connectivity index (χ1v) is 6.64. The van der Waals surface area contributed by atoms with Crippen LogP contribution >= 0.6 is 0 Å². The van der Waals surface area contributed by atoms with Crippen molar-refractivity contribution in [2.75, 3.05) is 0 Å². The maximum atomic E-state index is 12.6. The lowest BCUT2D eigenvalue weighted by Crippen LogP contribution is -2.11. The van der Waals surface area contributed by atoms with E-state index in [1.54, 1.807) is 24.3 Å². The van der Waals surface area contributed by atoms with Crippen LogP contribution in [0.3, 0.4) is 0 Å². The molecule has 0 saturated heterocycles. The summed E-state index contributed by atoms with van der Waals surface area (Å²) in [6.07, 6.45) is -3.47. The largest absolute Gasteiger partial charge is 0.473 e. The van der Waals surface area contributed by atoms with Gasteiger partial charge in [0.2, 0.25) is 5.88 Å². The van der Waals surface area contributed by atoms with Gasteiger partial charge in [-0.2, -0.15) is 18.4 Å². The van der Waals surface area contributed by atoms with Crippen molar-refractivity contribution in [3.05, 3.63) is 59.3 Å². The van der Waals surface area contributed by atoms with Gasteiger partial charge in [-0.15, -0.1) is 0 Å². The van der Waals surface area contributed by atoms with Crippen molar-refractivity contribution in [1.29, 1.82) is 16.1 Å². The molecule has 2 aromatic rings. The summed E-state index contributed by atoms with van der Waals surface area (Å²) in [5, 5.41) is 23.7. The maximum Gasteiger partial charge on any atom is 0.416 e. The molecule has 0 aliphatic carbocycles. The molecule has 8 heteroatoms. The molecule has 122 valence electrons. The Labute approximate surface area is 135 Å². The summed E-state index contributed by atoms with van der Waals surface area (Å²) in [5.41, 5.74) is -0.656.